The zero-order valence-electron chi connectivity index (χ0n) is 14.8. The predicted octanol–water partition coefficient (Wildman–Crippen LogP) is 2.15. The number of benzene rings is 2. The van der Waals surface area contributed by atoms with Gasteiger partial charge in [0.2, 0.25) is 5.91 Å². The lowest BCUT2D eigenvalue weighted by molar-refractivity contribution is -0.167. The summed E-state index contributed by atoms with van der Waals surface area (Å²) in [5.74, 6) is -2.99. The van der Waals surface area contributed by atoms with Crippen molar-refractivity contribution in [3.8, 4) is 0 Å². The van der Waals surface area contributed by atoms with Gasteiger partial charge in [0.15, 0.2) is 5.78 Å². The van der Waals surface area contributed by atoms with Crippen LogP contribution in [0, 0.1) is 5.92 Å². The van der Waals surface area contributed by atoms with Crippen LogP contribution < -0.4 is 0 Å². The number of thioether (sulfide) groups is 1. The number of hydrogen-bond acceptors (Lipinski definition) is 5. The highest BCUT2D eigenvalue weighted by Gasteiger charge is 2.66. The molecule has 0 unspecified atom stereocenters. The molecule has 0 radical (unpaired) electrons. The molecule has 2 aromatic carbocycles. The summed E-state index contributed by atoms with van der Waals surface area (Å²) in [5.41, 5.74) is 0.365. The van der Waals surface area contributed by atoms with Gasteiger partial charge in [-0.25, -0.2) is 4.79 Å². The van der Waals surface area contributed by atoms with Crippen LogP contribution in [0.4, 0.5) is 0 Å². The molecule has 27 heavy (non-hydrogen) atoms. The third-order valence-corrected chi connectivity index (χ3v) is 6.97. The van der Waals surface area contributed by atoms with E-state index in [0.29, 0.717) is 5.56 Å². The Balaban J connectivity index is 1.64. The molecule has 0 aromatic heterocycles. The third kappa shape index (κ3) is 2.56. The van der Waals surface area contributed by atoms with Gasteiger partial charge in [-0.1, -0.05) is 42.5 Å². The van der Waals surface area contributed by atoms with E-state index >= 15 is 0 Å². The Morgan fingerprint density at radius 3 is 2.52 bits per heavy atom. The Morgan fingerprint density at radius 1 is 1.15 bits per heavy atom. The summed E-state index contributed by atoms with van der Waals surface area (Å²) >= 11 is 1.32. The molecular weight excluding hydrogens is 366 g/mol. The number of β-lactam (4-membered cyclic amide) rings is 1. The summed E-state index contributed by atoms with van der Waals surface area (Å²) in [6.07, 6.45) is -1.50. The molecule has 140 valence electrons. The molecule has 1 amide bonds. The number of Topliss-reactive ketones (excluding diaryl/α,β-unsaturated/α-hetero) is 1. The number of fused-ring (bicyclic) bond motifs is 2. The first-order chi connectivity index (χ1) is 12.7. The van der Waals surface area contributed by atoms with Crippen LogP contribution in [0.5, 0.6) is 0 Å². The number of ketones is 1. The van der Waals surface area contributed by atoms with Gasteiger partial charge in [-0.15, -0.1) is 11.8 Å². The average molecular weight is 385 g/mol. The zero-order valence-corrected chi connectivity index (χ0v) is 15.6. The number of aliphatic hydroxyl groups is 1. The van der Waals surface area contributed by atoms with E-state index in [2.05, 4.69) is 0 Å². The topological polar surface area (TPSA) is 94.9 Å². The van der Waals surface area contributed by atoms with Crippen LogP contribution in [0.1, 0.15) is 24.2 Å². The summed E-state index contributed by atoms with van der Waals surface area (Å²) in [6, 6.07) is 11.7. The first-order valence-electron chi connectivity index (χ1n) is 8.67. The van der Waals surface area contributed by atoms with Crippen molar-refractivity contribution in [2.45, 2.75) is 36.1 Å². The van der Waals surface area contributed by atoms with Crippen LogP contribution in [0.3, 0.4) is 0 Å². The van der Waals surface area contributed by atoms with Gasteiger partial charge in [-0.2, -0.15) is 0 Å². The molecule has 2 saturated heterocycles. The zero-order chi connectivity index (χ0) is 19.5. The van der Waals surface area contributed by atoms with Gasteiger partial charge in [0.25, 0.3) is 0 Å². The number of aliphatic carboxylic acids is 1. The Morgan fingerprint density at radius 2 is 1.81 bits per heavy atom. The highest BCUT2D eigenvalue weighted by atomic mass is 32.2. The molecule has 2 heterocycles. The molecule has 2 fully saturated rings. The van der Waals surface area contributed by atoms with E-state index in [-0.39, 0.29) is 0 Å². The molecule has 0 bridgehead atoms. The number of carboxylic acid groups (broad SMARTS) is 1. The van der Waals surface area contributed by atoms with Crippen molar-refractivity contribution < 1.29 is 24.6 Å². The molecule has 2 aromatic rings. The third-order valence-electron chi connectivity index (χ3n) is 5.38. The number of amides is 1. The van der Waals surface area contributed by atoms with Gasteiger partial charge in [0.1, 0.15) is 18.1 Å². The number of hydrogen-bond donors (Lipinski definition) is 2. The molecular formula is C20H19NO5S. The van der Waals surface area contributed by atoms with Crippen LogP contribution in [0.15, 0.2) is 42.5 Å². The average Bonchev–Trinajstić information content (AvgIpc) is 2.88. The molecule has 7 heteroatoms. The van der Waals surface area contributed by atoms with Crippen LogP contribution in [-0.4, -0.2) is 55.0 Å². The van der Waals surface area contributed by atoms with Crippen molar-refractivity contribution >= 4 is 40.2 Å². The Bertz CT molecular complexity index is 967. The summed E-state index contributed by atoms with van der Waals surface area (Å²) < 4.78 is -0.691. The lowest BCUT2D eigenvalue weighted by Gasteiger charge is -2.45. The van der Waals surface area contributed by atoms with Crippen LogP contribution in [0.2, 0.25) is 0 Å². The summed E-state index contributed by atoms with van der Waals surface area (Å²) in [6.45, 7) is 3.52. The molecule has 0 aliphatic carbocycles. The van der Waals surface area contributed by atoms with Gasteiger partial charge >= 0.3 is 5.97 Å². The lowest BCUT2D eigenvalue weighted by Crippen LogP contribution is -2.66. The fourth-order valence-corrected chi connectivity index (χ4v) is 5.81. The summed E-state index contributed by atoms with van der Waals surface area (Å²) in [7, 11) is 0. The maximum atomic E-state index is 13.0. The van der Waals surface area contributed by atoms with Crippen LogP contribution >= 0.6 is 11.8 Å². The summed E-state index contributed by atoms with van der Waals surface area (Å²) in [4.78, 5) is 38.5. The van der Waals surface area contributed by atoms with E-state index in [4.69, 9.17) is 0 Å². The lowest BCUT2D eigenvalue weighted by atomic mass is 9.84. The second kappa shape index (κ2) is 6.07. The van der Waals surface area contributed by atoms with Crippen molar-refractivity contribution in [2.75, 3.05) is 0 Å². The minimum atomic E-state index is -1.50. The minimum absolute atomic E-state index is 0.365. The first kappa shape index (κ1) is 18.0. The molecule has 4 rings (SSSR count). The van der Waals surface area contributed by atoms with Crippen LogP contribution in [-0.2, 0) is 9.59 Å². The van der Waals surface area contributed by atoms with E-state index in [1.54, 1.807) is 32.0 Å². The van der Waals surface area contributed by atoms with Crippen molar-refractivity contribution in [3.05, 3.63) is 48.0 Å². The van der Waals surface area contributed by atoms with E-state index in [9.17, 15) is 24.6 Å². The Labute approximate surface area is 160 Å². The van der Waals surface area contributed by atoms with Gasteiger partial charge in [0.05, 0.1) is 5.37 Å². The fourth-order valence-electron chi connectivity index (χ4n) is 4.10. The molecule has 6 nitrogen and oxygen atoms in total. The molecule has 2 aliphatic heterocycles. The quantitative estimate of drug-likeness (QED) is 0.619. The van der Waals surface area contributed by atoms with E-state index in [0.717, 1.165) is 10.8 Å². The fraction of sp³-hybridized carbons (Fsp3) is 0.350. The molecule has 4 atom stereocenters. The Hall–Kier alpha value is -2.38. The number of rotatable bonds is 4. The largest absolute Gasteiger partial charge is 0.480 e. The van der Waals surface area contributed by atoms with Gasteiger partial charge in [-0.3, -0.25) is 9.59 Å². The maximum absolute atomic E-state index is 13.0. The number of carbonyl (C=O) groups is 3. The Kier molecular flexibility index (Phi) is 4.05. The first-order valence-corrected chi connectivity index (χ1v) is 9.55. The standard InChI is InChI=1S/C20H19NO5S/c1-20(2)16(19(25)26)21-17(24)13(18(21)27-20)15(23)14(22)12-9-5-7-10-6-3-4-8-11(10)12/h3-9,13,15-16,18,23H,1-2H3,(H,25,26)/t13-,15+,16+,18-/m1/s1. The number of carbonyl (C=O) groups excluding carboxylic acids is 2. The molecule has 2 N–H and O–H groups in total. The van der Waals surface area contributed by atoms with Crippen molar-refractivity contribution in [1.82, 2.24) is 4.90 Å². The minimum Gasteiger partial charge on any atom is -0.480 e. The van der Waals surface area contributed by atoms with Gasteiger partial charge in [0, 0.05) is 10.3 Å². The second-order valence-corrected chi connectivity index (χ2v) is 9.23. The highest BCUT2D eigenvalue weighted by molar-refractivity contribution is 8.01. The predicted molar refractivity (Wildman–Crippen MR) is 102 cm³/mol. The monoisotopic (exact) mass is 385 g/mol. The van der Waals surface area contributed by atoms with Crippen LogP contribution in [0.25, 0.3) is 10.8 Å². The van der Waals surface area contributed by atoms with E-state index < -0.39 is 45.8 Å². The number of nitrogens with zero attached hydrogens (tertiary/aromatic N) is 1. The van der Waals surface area contributed by atoms with E-state index in [1.165, 1.54) is 16.7 Å². The highest BCUT2D eigenvalue weighted by Crippen LogP contribution is 2.54. The van der Waals surface area contributed by atoms with Crippen molar-refractivity contribution in [2.24, 2.45) is 5.92 Å². The SMILES string of the molecule is CC1(C)S[C@@H]2[C@H]([C@H](O)C(=O)c3cccc4ccccc34)C(=O)N2[C@H]1C(=O)O. The molecule has 2 aliphatic rings. The molecule has 0 spiro atoms. The summed E-state index contributed by atoms with van der Waals surface area (Å²) in [5, 5.41) is 21.3. The number of carboxylic acids is 1. The van der Waals surface area contributed by atoms with E-state index in [1.807, 2.05) is 24.3 Å². The van der Waals surface area contributed by atoms with Gasteiger partial charge in [-0.05, 0) is 24.6 Å². The molecule has 0 saturated carbocycles. The van der Waals surface area contributed by atoms with Crippen molar-refractivity contribution in [3.63, 3.8) is 0 Å². The second-order valence-electron chi connectivity index (χ2n) is 7.46. The maximum Gasteiger partial charge on any atom is 0.327 e. The normalized spacial score (nSPS) is 27.1. The van der Waals surface area contributed by atoms with Gasteiger partial charge < -0.3 is 15.1 Å². The smallest absolute Gasteiger partial charge is 0.327 e. The number of aliphatic hydroxyl groups excluding tert-OH is 1. The van der Waals surface area contributed by atoms with Crippen molar-refractivity contribution in [1.29, 1.82) is 0 Å².